The average molecular weight is 352 g/mol. The molecular weight excluding hydrogens is 324 g/mol. The number of hydrogen-bond donors (Lipinski definition) is 2. The van der Waals surface area contributed by atoms with Crippen molar-refractivity contribution in [2.75, 3.05) is 11.0 Å². The van der Waals surface area contributed by atoms with E-state index in [-0.39, 0.29) is 5.78 Å². The molecular formula is C22H28N2O2. The maximum atomic E-state index is 11.6. The van der Waals surface area contributed by atoms with Crippen LogP contribution in [0.5, 0.6) is 0 Å². The van der Waals surface area contributed by atoms with Gasteiger partial charge in [0.25, 0.3) is 0 Å². The summed E-state index contributed by atoms with van der Waals surface area (Å²) in [7, 11) is 0. The minimum atomic E-state index is 0.0488. The molecule has 0 amide bonds. The number of anilines is 2. The molecule has 0 unspecified atom stereocenters. The Morgan fingerprint density at radius 3 is 2.35 bits per heavy atom. The van der Waals surface area contributed by atoms with Crippen molar-refractivity contribution < 1.29 is 9.73 Å². The third-order valence-corrected chi connectivity index (χ3v) is 5.16. The van der Waals surface area contributed by atoms with Gasteiger partial charge >= 0.3 is 0 Å². The molecule has 2 N–H and O–H groups in total. The van der Waals surface area contributed by atoms with E-state index in [0.717, 1.165) is 22.9 Å². The summed E-state index contributed by atoms with van der Waals surface area (Å²) in [4.78, 5) is 17.0. The first kappa shape index (κ1) is 18.5. The zero-order valence-electron chi connectivity index (χ0n) is 15.7. The predicted octanol–water partition coefficient (Wildman–Crippen LogP) is 5.69. The Balaban J connectivity index is 1.49. The van der Waals surface area contributed by atoms with Crippen molar-refractivity contribution in [3.63, 3.8) is 0 Å². The van der Waals surface area contributed by atoms with Gasteiger partial charge in [0.15, 0.2) is 5.78 Å². The molecule has 0 saturated heterocycles. The lowest BCUT2D eigenvalue weighted by atomic mass is 9.85. The Kier molecular flexibility index (Phi) is 6.29. The maximum absolute atomic E-state index is 11.6. The standard InChI is InChI=1S/C22H28N2O2/c1-16-8-11-21(15-22(16)17(2)25)24-26-23-20-12-9-19(10-13-20)14-18-6-4-3-5-7-18/h8-13,15,18,23-24H,3-7,14H2,1-2H3. The minimum absolute atomic E-state index is 0.0488. The number of carbonyl (C=O) groups is 1. The molecule has 138 valence electrons. The Morgan fingerprint density at radius 2 is 1.65 bits per heavy atom. The average Bonchev–Trinajstić information content (AvgIpc) is 2.65. The predicted molar refractivity (Wildman–Crippen MR) is 106 cm³/mol. The van der Waals surface area contributed by atoms with Crippen molar-refractivity contribution in [3.05, 3.63) is 59.2 Å². The van der Waals surface area contributed by atoms with Gasteiger partial charge in [0.1, 0.15) is 0 Å². The van der Waals surface area contributed by atoms with Crippen LogP contribution in [0.3, 0.4) is 0 Å². The molecule has 3 rings (SSSR count). The second-order valence-corrected chi connectivity index (χ2v) is 7.30. The first-order valence-corrected chi connectivity index (χ1v) is 9.50. The lowest BCUT2D eigenvalue weighted by molar-refractivity contribution is 0.101. The highest BCUT2D eigenvalue weighted by atomic mass is 16.8. The zero-order valence-corrected chi connectivity index (χ0v) is 15.7. The molecule has 4 heteroatoms. The van der Waals surface area contributed by atoms with Crippen LogP contribution in [0.1, 0.15) is 60.5 Å². The smallest absolute Gasteiger partial charge is 0.160 e. The zero-order chi connectivity index (χ0) is 18.4. The molecule has 1 aliphatic carbocycles. The minimum Gasteiger partial charge on any atom is -0.294 e. The fourth-order valence-corrected chi connectivity index (χ4v) is 3.64. The summed E-state index contributed by atoms with van der Waals surface area (Å²) >= 11 is 0. The van der Waals surface area contributed by atoms with Crippen molar-refractivity contribution in [1.82, 2.24) is 0 Å². The van der Waals surface area contributed by atoms with Gasteiger partial charge < -0.3 is 0 Å². The van der Waals surface area contributed by atoms with Crippen LogP contribution in [0.25, 0.3) is 0 Å². The molecule has 0 radical (unpaired) electrons. The van der Waals surface area contributed by atoms with Crippen LogP contribution in [0.2, 0.25) is 0 Å². The highest BCUT2D eigenvalue weighted by molar-refractivity contribution is 5.96. The summed E-state index contributed by atoms with van der Waals surface area (Å²) in [6.07, 6.45) is 8.08. The molecule has 0 aromatic heterocycles. The van der Waals surface area contributed by atoms with Gasteiger partial charge in [0.05, 0.1) is 11.4 Å². The van der Waals surface area contributed by atoms with E-state index < -0.39 is 0 Å². The number of nitrogens with one attached hydrogen (secondary N) is 2. The van der Waals surface area contributed by atoms with Gasteiger partial charge in [-0.3, -0.25) is 4.79 Å². The van der Waals surface area contributed by atoms with E-state index in [1.54, 1.807) is 13.0 Å². The van der Waals surface area contributed by atoms with Crippen LogP contribution in [-0.2, 0) is 11.4 Å². The first-order valence-electron chi connectivity index (χ1n) is 9.50. The highest BCUT2D eigenvalue weighted by Gasteiger charge is 2.13. The van der Waals surface area contributed by atoms with Crippen molar-refractivity contribution in [1.29, 1.82) is 0 Å². The number of hydrogen-bond acceptors (Lipinski definition) is 4. The maximum Gasteiger partial charge on any atom is 0.160 e. The van der Waals surface area contributed by atoms with Gasteiger partial charge in [0.2, 0.25) is 0 Å². The van der Waals surface area contributed by atoms with Crippen molar-refractivity contribution in [3.8, 4) is 0 Å². The monoisotopic (exact) mass is 352 g/mol. The molecule has 26 heavy (non-hydrogen) atoms. The molecule has 1 saturated carbocycles. The van der Waals surface area contributed by atoms with Crippen LogP contribution in [0.4, 0.5) is 11.4 Å². The lowest BCUT2D eigenvalue weighted by Crippen LogP contribution is -2.10. The van der Waals surface area contributed by atoms with E-state index in [2.05, 4.69) is 23.1 Å². The van der Waals surface area contributed by atoms with Gasteiger partial charge in [-0.15, -0.1) is 0 Å². The molecule has 2 aromatic rings. The van der Waals surface area contributed by atoms with Gasteiger partial charge in [0, 0.05) is 5.56 Å². The quantitative estimate of drug-likeness (QED) is 0.496. The third-order valence-electron chi connectivity index (χ3n) is 5.16. The second-order valence-electron chi connectivity index (χ2n) is 7.30. The number of ketones is 1. The van der Waals surface area contributed by atoms with E-state index in [0.29, 0.717) is 5.56 Å². The van der Waals surface area contributed by atoms with Crippen LogP contribution < -0.4 is 11.0 Å². The molecule has 0 heterocycles. The van der Waals surface area contributed by atoms with Gasteiger partial charge in [-0.05, 0) is 61.6 Å². The first-order chi connectivity index (χ1) is 12.6. The molecule has 1 fully saturated rings. The fraction of sp³-hybridized carbons (Fsp3) is 0.409. The molecule has 0 bridgehead atoms. The van der Waals surface area contributed by atoms with E-state index in [1.165, 1.54) is 44.1 Å². The summed E-state index contributed by atoms with van der Waals surface area (Å²) in [5.74, 6) is 0.894. The molecule has 0 atom stereocenters. The molecule has 2 aromatic carbocycles. The van der Waals surface area contributed by atoms with Crippen LogP contribution in [0.15, 0.2) is 42.5 Å². The number of Topliss-reactive ketones (excluding diaryl/α,β-unsaturated/α-hetero) is 1. The largest absolute Gasteiger partial charge is 0.294 e. The Labute approximate surface area is 155 Å². The fourth-order valence-electron chi connectivity index (χ4n) is 3.64. The molecule has 0 spiro atoms. The topological polar surface area (TPSA) is 50.4 Å². The van der Waals surface area contributed by atoms with Gasteiger partial charge in [-0.2, -0.15) is 4.94 Å². The van der Waals surface area contributed by atoms with E-state index in [9.17, 15) is 4.79 Å². The number of benzene rings is 2. The van der Waals surface area contributed by atoms with Crippen molar-refractivity contribution in [2.24, 2.45) is 5.92 Å². The summed E-state index contributed by atoms with van der Waals surface area (Å²) in [5, 5.41) is 0. The summed E-state index contributed by atoms with van der Waals surface area (Å²) in [6, 6.07) is 14.0. The van der Waals surface area contributed by atoms with Crippen LogP contribution >= 0.6 is 0 Å². The summed E-state index contributed by atoms with van der Waals surface area (Å²) < 4.78 is 0. The van der Waals surface area contributed by atoms with E-state index >= 15 is 0 Å². The highest BCUT2D eigenvalue weighted by Crippen LogP contribution is 2.27. The SMILES string of the molecule is CC(=O)c1cc(NONc2ccc(CC3CCCCC3)cc2)ccc1C. The lowest BCUT2D eigenvalue weighted by Gasteiger charge is -2.21. The Morgan fingerprint density at radius 1 is 1.00 bits per heavy atom. The van der Waals surface area contributed by atoms with Crippen LogP contribution in [-0.4, -0.2) is 5.78 Å². The number of carbonyl (C=O) groups excluding carboxylic acids is 1. The summed E-state index contributed by atoms with van der Waals surface area (Å²) in [6.45, 7) is 3.49. The van der Waals surface area contributed by atoms with Crippen molar-refractivity contribution in [2.45, 2.75) is 52.4 Å². The Bertz CT molecular complexity index is 734. The van der Waals surface area contributed by atoms with Crippen molar-refractivity contribution >= 4 is 17.2 Å². The van der Waals surface area contributed by atoms with Gasteiger partial charge in [-0.1, -0.05) is 50.3 Å². The normalized spacial score (nSPS) is 14.8. The van der Waals surface area contributed by atoms with E-state index in [4.69, 9.17) is 4.94 Å². The number of aryl methyl sites for hydroxylation is 1. The van der Waals surface area contributed by atoms with E-state index in [1.807, 2.05) is 31.2 Å². The third kappa shape index (κ3) is 5.09. The summed E-state index contributed by atoms with van der Waals surface area (Å²) in [5.41, 5.74) is 10.4. The Hall–Kier alpha value is -2.33. The van der Waals surface area contributed by atoms with Gasteiger partial charge in [-0.25, -0.2) is 11.0 Å². The second kappa shape index (κ2) is 8.86. The van der Waals surface area contributed by atoms with Crippen LogP contribution in [0, 0.1) is 12.8 Å². The molecule has 4 nitrogen and oxygen atoms in total. The molecule has 0 aliphatic heterocycles. The number of rotatable bonds is 7. The molecule has 1 aliphatic rings.